The number of ether oxygens (including phenoxy) is 1. The summed E-state index contributed by atoms with van der Waals surface area (Å²) in [6.45, 7) is 7.85. The zero-order valence-electron chi connectivity index (χ0n) is 20.7. The molecule has 1 nitrogen and oxygen atoms in total. The Morgan fingerprint density at radius 3 is 1.10 bits per heavy atom. The van der Waals surface area contributed by atoms with Crippen molar-refractivity contribution in [3.8, 4) is 0 Å². The van der Waals surface area contributed by atoms with Gasteiger partial charge in [0.25, 0.3) is 0 Å². The lowest BCUT2D eigenvalue weighted by atomic mass is 9.84. The van der Waals surface area contributed by atoms with Gasteiger partial charge in [0.05, 0.1) is 12.2 Å². The molecule has 0 fully saturated rings. The summed E-state index contributed by atoms with van der Waals surface area (Å²) in [5.41, 5.74) is 0.177. The largest absolute Gasteiger partial charge is 0.375 e. The Balaban J connectivity index is 4.52. The van der Waals surface area contributed by atoms with Gasteiger partial charge in [-0.3, -0.25) is 0 Å². The number of unbranched alkanes of at least 4 members (excludes halogenated alkanes) is 15. The summed E-state index contributed by atoms with van der Waals surface area (Å²) in [4.78, 5) is 0. The van der Waals surface area contributed by atoms with Gasteiger partial charge in [0, 0.05) is 0 Å². The normalized spacial score (nSPS) is 12.0. The van der Waals surface area contributed by atoms with Crippen LogP contribution in [0.3, 0.4) is 0 Å². The van der Waals surface area contributed by atoms with E-state index in [1.165, 1.54) is 135 Å². The first-order valence-corrected chi connectivity index (χ1v) is 14.4. The lowest BCUT2D eigenvalue weighted by Gasteiger charge is -2.35. The van der Waals surface area contributed by atoms with E-state index in [9.17, 15) is 0 Å². The molecule has 0 aliphatic heterocycles. The van der Waals surface area contributed by atoms with Gasteiger partial charge in [-0.2, -0.15) is 0 Å². The molecule has 0 heterocycles. The predicted octanol–water partition coefficient (Wildman–Crippen LogP) is 9.87. The summed E-state index contributed by atoms with van der Waals surface area (Å²) in [5.74, 6) is 0. The van der Waals surface area contributed by atoms with E-state index >= 15 is 0 Å². The third-order valence-corrected chi connectivity index (χ3v) is 6.72. The molecule has 0 aliphatic rings. The zero-order chi connectivity index (χ0) is 21.5. The van der Waals surface area contributed by atoms with Crippen LogP contribution in [0.4, 0.5) is 0 Å². The second-order valence-electron chi connectivity index (χ2n) is 9.37. The SMILES string of the molecule is CCCCCCCCC(CCCCCCCC)(CCCCCCCC)OCCP. The van der Waals surface area contributed by atoms with Crippen molar-refractivity contribution in [1.82, 2.24) is 0 Å². The van der Waals surface area contributed by atoms with E-state index in [4.69, 9.17) is 4.74 Å². The Labute approximate surface area is 188 Å². The van der Waals surface area contributed by atoms with Crippen LogP contribution < -0.4 is 0 Å². The molecule has 0 spiro atoms. The minimum atomic E-state index is 0.177. The summed E-state index contributed by atoms with van der Waals surface area (Å²) >= 11 is 0. The van der Waals surface area contributed by atoms with Crippen molar-refractivity contribution in [3.05, 3.63) is 0 Å². The topological polar surface area (TPSA) is 9.23 Å². The monoisotopic (exact) mass is 428 g/mol. The standard InChI is InChI=1S/C27H57OP/c1-4-7-10-13-16-19-22-27(28-25-26-29,23-20-17-14-11-8-5-2)24-21-18-15-12-9-6-3/h4-26,29H2,1-3H3. The van der Waals surface area contributed by atoms with Gasteiger partial charge in [-0.05, 0) is 25.4 Å². The highest BCUT2D eigenvalue weighted by atomic mass is 31.0. The minimum absolute atomic E-state index is 0.177. The minimum Gasteiger partial charge on any atom is -0.375 e. The highest BCUT2D eigenvalue weighted by Crippen LogP contribution is 2.33. The molecule has 1 unspecified atom stereocenters. The lowest BCUT2D eigenvalue weighted by Crippen LogP contribution is -2.33. The number of hydrogen-bond donors (Lipinski definition) is 0. The molecular weight excluding hydrogens is 371 g/mol. The third kappa shape index (κ3) is 18.8. The summed E-state index contributed by atoms with van der Waals surface area (Å²) in [6.07, 6.45) is 30.1. The van der Waals surface area contributed by atoms with Gasteiger partial charge in [-0.1, -0.05) is 136 Å². The Morgan fingerprint density at radius 1 is 0.483 bits per heavy atom. The van der Waals surface area contributed by atoms with E-state index in [1.807, 2.05) is 0 Å². The smallest absolute Gasteiger partial charge is 0.0682 e. The molecule has 0 saturated heterocycles. The molecule has 1 atom stereocenters. The van der Waals surface area contributed by atoms with Crippen molar-refractivity contribution in [3.63, 3.8) is 0 Å². The van der Waals surface area contributed by atoms with Crippen LogP contribution in [0.1, 0.15) is 156 Å². The van der Waals surface area contributed by atoms with Gasteiger partial charge in [-0.25, -0.2) is 0 Å². The van der Waals surface area contributed by atoms with Crippen LogP contribution in [-0.4, -0.2) is 18.4 Å². The van der Waals surface area contributed by atoms with Gasteiger partial charge >= 0.3 is 0 Å². The maximum atomic E-state index is 6.64. The molecule has 2 heteroatoms. The van der Waals surface area contributed by atoms with Crippen LogP contribution in [-0.2, 0) is 4.74 Å². The molecule has 29 heavy (non-hydrogen) atoms. The van der Waals surface area contributed by atoms with Crippen molar-refractivity contribution in [2.24, 2.45) is 0 Å². The van der Waals surface area contributed by atoms with Crippen LogP contribution in [0, 0.1) is 0 Å². The van der Waals surface area contributed by atoms with E-state index < -0.39 is 0 Å². The molecule has 0 saturated carbocycles. The number of rotatable bonds is 24. The quantitative estimate of drug-likeness (QED) is 0.110. The van der Waals surface area contributed by atoms with Gasteiger partial charge in [-0.15, -0.1) is 9.24 Å². The average Bonchev–Trinajstić information content (AvgIpc) is 2.74. The van der Waals surface area contributed by atoms with Gasteiger partial charge in [0.15, 0.2) is 0 Å². The molecule has 0 N–H and O–H groups in total. The van der Waals surface area contributed by atoms with E-state index in [2.05, 4.69) is 30.0 Å². The highest BCUT2D eigenvalue weighted by Gasteiger charge is 2.29. The zero-order valence-corrected chi connectivity index (χ0v) is 21.9. The first-order valence-electron chi connectivity index (χ1n) is 13.6. The molecule has 0 bridgehead atoms. The van der Waals surface area contributed by atoms with Gasteiger partial charge in [0.1, 0.15) is 0 Å². The Kier molecular flexibility index (Phi) is 23.4. The summed E-state index contributed by atoms with van der Waals surface area (Å²) in [6, 6.07) is 0. The molecule has 176 valence electrons. The van der Waals surface area contributed by atoms with Gasteiger partial charge < -0.3 is 4.74 Å². The summed E-state index contributed by atoms with van der Waals surface area (Å²) < 4.78 is 6.64. The predicted molar refractivity (Wildman–Crippen MR) is 137 cm³/mol. The summed E-state index contributed by atoms with van der Waals surface area (Å²) in [7, 11) is 2.86. The molecule has 0 rings (SSSR count). The first kappa shape index (κ1) is 29.4. The van der Waals surface area contributed by atoms with Crippen LogP contribution >= 0.6 is 9.24 Å². The van der Waals surface area contributed by atoms with Crippen molar-refractivity contribution in [2.75, 3.05) is 12.8 Å². The maximum absolute atomic E-state index is 6.64. The van der Waals surface area contributed by atoms with E-state index in [0.717, 1.165) is 12.8 Å². The molecule has 0 amide bonds. The third-order valence-electron chi connectivity index (χ3n) is 6.48. The molecule has 0 aliphatic carbocycles. The van der Waals surface area contributed by atoms with Crippen molar-refractivity contribution >= 4 is 9.24 Å². The van der Waals surface area contributed by atoms with Crippen LogP contribution in [0.25, 0.3) is 0 Å². The van der Waals surface area contributed by atoms with E-state index in [1.54, 1.807) is 0 Å². The van der Waals surface area contributed by atoms with E-state index in [-0.39, 0.29) is 5.60 Å². The highest BCUT2D eigenvalue weighted by molar-refractivity contribution is 7.16. The maximum Gasteiger partial charge on any atom is 0.0682 e. The fourth-order valence-corrected chi connectivity index (χ4v) is 4.67. The lowest BCUT2D eigenvalue weighted by molar-refractivity contribution is -0.0612. The first-order chi connectivity index (χ1) is 14.2. The second-order valence-corrected chi connectivity index (χ2v) is 9.95. The van der Waals surface area contributed by atoms with Gasteiger partial charge in [0.2, 0.25) is 0 Å². The Morgan fingerprint density at radius 2 is 0.793 bits per heavy atom. The van der Waals surface area contributed by atoms with Crippen molar-refractivity contribution in [1.29, 1.82) is 0 Å². The fourth-order valence-electron chi connectivity index (χ4n) is 4.55. The van der Waals surface area contributed by atoms with Crippen molar-refractivity contribution in [2.45, 2.75) is 161 Å². The molecule has 0 radical (unpaired) electrons. The molecule has 0 aromatic rings. The number of hydrogen-bond acceptors (Lipinski definition) is 1. The van der Waals surface area contributed by atoms with Crippen LogP contribution in [0.2, 0.25) is 0 Å². The van der Waals surface area contributed by atoms with Crippen LogP contribution in [0.5, 0.6) is 0 Å². The second kappa shape index (κ2) is 23.1. The van der Waals surface area contributed by atoms with E-state index in [0.29, 0.717) is 0 Å². The average molecular weight is 429 g/mol. The molecule has 0 aromatic carbocycles. The Bertz CT molecular complexity index is 264. The Hall–Kier alpha value is 0.390. The molecular formula is C27H57OP. The molecule has 0 aromatic heterocycles. The summed E-state index contributed by atoms with van der Waals surface area (Å²) in [5, 5.41) is 0. The fraction of sp³-hybridized carbons (Fsp3) is 1.00. The van der Waals surface area contributed by atoms with Crippen molar-refractivity contribution < 1.29 is 4.74 Å². The van der Waals surface area contributed by atoms with Crippen LogP contribution in [0.15, 0.2) is 0 Å².